The molecule has 1 saturated heterocycles. The summed E-state index contributed by atoms with van der Waals surface area (Å²) in [6.45, 7) is 7.42. The van der Waals surface area contributed by atoms with Crippen molar-refractivity contribution in [2.45, 2.75) is 39.2 Å². The van der Waals surface area contributed by atoms with Crippen molar-refractivity contribution < 1.29 is 4.79 Å². The van der Waals surface area contributed by atoms with Crippen molar-refractivity contribution in [3.05, 3.63) is 24.0 Å². The quantitative estimate of drug-likeness (QED) is 0.885. The Labute approximate surface area is 120 Å². The minimum absolute atomic E-state index is 0.0798. The molecule has 1 amide bonds. The Morgan fingerprint density at radius 3 is 2.80 bits per heavy atom. The smallest absolute Gasteiger partial charge is 0.267 e. The second-order valence-electron chi connectivity index (χ2n) is 6.88. The largest absolute Gasteiger partial charge is 0.350 e. The monoisotopic (exact) mass is 275 g/mol. The fourth-order valence-electron chi connectivity index (χ4n) is 3.22. The van der Waals surface area contributed by atoms with Crippen molar-refractivity contribution in [3.63, 3.8) is 0 Å². The number of nitrogens with one attached hydrogen (secondary N) is 2. The number of aromatic nitrogens is 1. The lowest BCUT2D eigenvalue weighted by Crippen LogP contribution is -2.33. The SMILES string of the molecule is CC1(C)CC1CNC(=O)c1cccn1C1CCNCC1. The zero-order chi connectivity index (χ0) is 14.2. The van der Waals surface area contributed by atoms with Crippen LogP contribution in [0.4, 0.5) is 0 Å². The highest BCUT2D eigenvalue weighted by Gasteiger charge is 2.45. The van der Waals surface area contributed by atoms with Gasteiger partial charge in [-0.05, 0) is 55.8 Å². The zero-order valence-corrected chi connectivity index (χ0v) is 12.5. The standard InChI is InChI=1S/C16H25N3O/c1-16(2)10-12(16)11-18-15(20)14-4-3-9-19(14)13-5-7-17-8-6-13/h3-4,9,12-13,17H,5-8,10-11H2,1-2H3,(H,18,20). The molecule has 3 rings (SSSR count). The van der Waals surface area contributed by atoms with Gasteiger partial charge in [0, 0.05) is 18.8 Å². The molecule has 1 aromatic rings. The van der Waals surface area contributed by atoms with Gasteiger partial charge in [-0.15, -0.1) is 0 Å². The number of hydrogen-bond acceptors (Lipinski definition) is 2. The Morgan fingerprint density at radius 2 is 2.15 bits per heavy atom. The van der Waals surface area contributed by atoms with Crippen LogP contribution in [0.1, 0.15) is 49.6 Å². The Hall–Kier alpha value is -1.29. The van der Waals surface area contributed by atoms with E-state index in [-0.39, 0.29) is 5.91 Å². The van der Waals surface area contributed by atoms with Gasteiger partial charge in [0.2, 0.25) is 0 Å². The highest BCUT2D eigenvalue weighted by Crippen LogP contribution is 2.50. The number of hydrogen-bond donors (Lipinski definition) is 2. The molecular formula is C16H25N3O. The number of carbonyl (C=O) groups is 1. The average molecular weight is 275 g/mol. The molecule has 2 aliphatic rings. The first-order chi connectivity index (χ1) is 9.58. The second kappa shape index (κ2) is 5.24. The summed E-state index contributed by atoms with van der Waals surface area (Å²) in [5.74, 6) is 0.727. The minimum Gasteiger partial charge on any atom is -0.350 e. The van der Waals surface area contributed by atoms with Crippen molar-refractivity contribution in [2.24, 2.45) is 11.3 Å². The number of rotatable bonds is 4. The van der Waals surface area contributed by atoms with E-state index in [1.165, 1.54) is 6.42 Å². The van der Waals surface area contributed by atoms with E-state index in [9.17, 15) is 4.79 Å². The molecule has 0 spiro atoms. The molecule has 0 radical (unpaired) electrons. The first-order valence-electron chi connectivity index (χ1n) is 7.74. The molecule has 1 unspecified atom stereocenters. The molecule has 1 atom stereocenters. The molecule has 2 heterocycles. The summed E-state index contributed by atoms with van der Waals surface area (Å²) in [6, 6.07) is 4.39. The van der Waals surface area contributed by atoms with Crippen LogP contribution < -0.4 is 10.6 Å². The molecule has 2 fully saturated rings. The lowest BCUT2D eigenvalue weighted by atomic mass is 10.1. The van der Waals surface area contributed by atoms with Crippen molar-refractivity contribution in [1.29, 1.82) is 0 Å². The Kier molecular flexibility index (Phi) is 3.59. The maximum Gasteiger partial charge on any atom is 0.267 e. The number of nitrogens with zero attached hydrogens (tertiary/aromatic N) is 1. The topological polar surface area (TPSA) is 46.1 Å². The normalized spacial score (nSPS) is 25.4. The fraction of sp³-hybridized carbons (Fsp3) is 0.688. The van der Waals surface area contributed by atoms with E-state index in [1.807, 2.05) is 18.3 Å². The van der Waals surface area contributed by atoms with Crippen LogP contribution in [-0.2, 0) is 0 Å². The molecule has 1 aliphatic heterocycles. The molecule has 110 valence electrons. The molecule has 1 aromatic heterocycles. The maximum absolute atomic E-state index is 12.4. The highest BCUT2D eigenvalue weighted by molar-refractivity contribution is 5.92. The minimum atomic E-state index is 0.0798. The first-order valence-corrected chi connectivity index (χ1v) is 7.74. The number of piperidine rings is 1. The first kappa shape index (κ1) is 13.7. The van der Waals surface area contributed by atoms with Crippen LogP contribution in [0.5, 0.6) is 0 Å². The van der Waals surface area contributed by atoms with Crippen LogP contribution in [0.3, 0.4) is 0 Å². The summed E-state index contributed by atoms with van der Waals surface area (Å²) >= 11 is 0. The summed E-state index contributed by atoms with van der Waals surface area (Å²) in [4.78, 5) is 12.4. The summed E-state index contributed by atoms with van der Waals surface area (Å²) < 4.78 is 2.16. The lowest BCUT2D eigenvalue weighted by molar-refractivity contribution is 0.0937. The molecular weight excluding hydrogens is 250 g/mol. The zero-order valence-electron chi connectivity index (χ0n) is 12.5. The van der Waals surface area contributed by atoms with Crippen LogP contribution in [-0.4, -0.2) is 30.1 Å². The summed E-state index contributed by atoms with van der Waals surface area (Å²) in [5.41, 5.74) is 1.24. The van der Waals surface area contributed by atoms with Crippen LogP contribution >= 0.6 is 0 Å². The van der Waals surface area contributed by atoms with Crippen LogP contribution in [0.25, 0.3) is 0 Å². The predicted molar refractivity (Wildman–Crippen MR) is 79.8 cm³/mol. The van der Waals surface area contributed by atoms with Crippen LogP contribution in [0.2, 0.25) is 0 Å². The Bertz CT molecular complexity index is 486. The van der Waals surface area contributed by atoms with E-state index < -0.39 is 0 Å². The highest BCUT2D eigenvalue weighted by atomic mass is 16.1. The average Bonchev–Trinajstić information content (AvgIpc) is 2.88. The summed E-state index contributed by atoms with van der Waals surface area (Å²) in [5, 5.41) is 6.48. The van der Waals surface area contributed by atoms with E-state index in [2.05, 4.69) is 29.0 Å². The van der Waals surface area contributed by atoms with Crippen molar-refractivity contribution in [3.8, 4) is 0 Å². The van der Waals surface area contributed by atoms with Gasteiger partial charge in [-0.1, -0.05) is 13.8 Å². The fourth-order valence-corrected chi connectivity index (χ4v) is 3.22. The third-order valence-corrected chi connectivity index (χ3v) is 4.94. The third kappa shape index (κ3) is 2.75. The second-order valence-corrected chi connectivity index (χ2v) is 6.88. The van der Waals surface area contributed by atoms with Gasteiger partial charge in [0.05, 0.1) is 0 Å². The molecule has 2 N–H and O–H groups in total. The molecule has 0 bridgehead atoms. The summed E-state index contributed by atoms with van der Waals surface area (Å²) in [6.07, 6.45) is 5.48. The third-order valence-electron chi connectivity index (χ3n) is 4.94. The van der Waals surface area contributed by atoms with Crippen LogP contribution in [0.15, 0.2) is 18.3 Å². The van der Waals surface area contributed by atoms with E-state index >= 15 is 0 Å². The molecule has 4 heteroatoms. The van der Waals surface area contributed by atoms with Crippen molar-refractivity contribution >= 4 is 5.91 Å². The van der Waals surface area contributed by atoms with Crippen LogP contribution in [0, 0.1) is 11.3 Å². The van der Waals surface area contributed by atoms with Gasteiger partial charge in [0.1, 0.15) is 5.69 Å². The molecule has 1 aliphatic carbocycles. The van der Waals surface area contributed by atoms with Gasteiger partial charge in [-0.2, -0.15) is 0 Å². The maximum atomic E-state index is 12.4. The van der Waals surface area contributed by atoms with E-state index in [0.717, 1.165) is 38.2 Å². The molecule has 20 heavy (non-hydrogen) atoms. The molecule has 1 saturated carbocycles. The van der Waals surface area contributed by atoms with Gasteiger partial charge in [0.15, 0.2) is 0 Å². The van der Waals surface area contributed by atoms with Crippen molar-refractivity contribution in [2.75, 3.05) is 19.6 Å². The van der Waals surface area contributed by atoms with Gasteiger partial charge in [-0.3, -0.25) is 4.79 Å². The van der Waals surface area contributed by atoms with Crippen molar-refractivity contribution in [1.82, 2.24) is 15.2 Å². The Morgan fingerprint density at radius 1 is 1.45 bits per heavy atom. The lowest BCUT2D eigenvalue weighted by Gasteiger charge is -2.26. The van der Waals surface area contributed by atoms with Gasteiger partial charge in [0.25, 0.3) is 5.91 Å². The number of amides is 1. The number of carbonyl (C=O) groups excluding carboxylic acids is 1. The summed E-state index contributed by atoms with van der Waals surface area (Å²) in [7, 11) is 0. The van der Waals surface area contributed by atoms with Gasteiger partial charge in [-0.25, -0.2) is 0 Å². The Balaban J connectivity index is 1.61. The van der Waals surface area contributed by atoms with Gasteiger partial charge < -0.3 is 15.2 Å². The predicted octanol–water partition coefficient (Wildman–Crippen LogP) is 2.19. The van der Waals surface area contributed by atoms with E-state index in [1.54, 1.807) is 0 Å². The molecule has 4 nitrogen and oxygen atoms in total. The van der Waals surface area contributed by atoms with E-state index in [4.69, 9.17) is 0 Å². The van der Waals surface area contributed by atoms with E-state index in [0.29, 0.717) is 17.4 Å². The molecule has 0 aromatic carbocycles. The van der Waals surface area contributed by atoms with Gasteiger partial charge >= 0.3 is 0 Å².